The van der Waals surface area contributed by atoms with Crippen molar-refractivity contribution in [1.29, 1.82) is 0 Å². The number of carbonyl (C=O) groups is 1. The molecule has 0 spiro atoms. The summed E-state index contributed by atoms with van der Waals surface area (Å²) < 4.78 is 1.66. The maximum atomic E-state index is 12.6. The first-order valence-corrected chi connectivity index (χ1v) is 10.6. The molecule has 0 aliphatic carbocycles. The van der Waals surface area contributed by atoms with Crippen molar-refractivity contribution in [2.24, 2.45) is 5.92 Å². The molecule has 9 nitrogen and oxygen atoms in total. The van der Waals surface area contributed by atoms with Gasteiger partial charge in [-0.25, -0.2) is 0 Å². The first-order chi connectivity index (χ1) is 13.8. The summed E-state index contributed by atoms with van der Waals surface area (Å²) in [5.74, 6) is 0.842. The van der Waals surface area contributed by atoms with E-state index in [1.54, 1.807) is 22.2 Å². The summed E-state index contributed by atoms with van der Waals surface area (Å²) in [5, 5.41) is 28.9. The number of piperidine rings is 1. The van der Waals surface area contributed by atoms with Gasteiger partial charge in [-0.1, -0.05) is 11.3 Å². The summed E-state index contributed by atoms with van der Waals surface area (Å²) in [6, 6.07) is 5.84. The SMILES string of the molecule is O=C(Nc1nnc(-c2ccsc2)s1)C1CCN(c2ccc3nncn3n2)CC1. The van der Waals surface area contributed by atoms with Gasteiger partial charge in [-0.05, 0) is 36.4 Å². The lowest BCUT2D eigenvalue weighted by Crippen LogP contribution is -2.38. The van der Waals surface area contributed by atoms with Gasteiger partial charge in [0.15, 0.2) is 5.65 Å². The number of anilines is 2. The lowest BCUT2D eigenvalue weighted by molar-refractivity contribution is -0.120. The highest BCUT2D eigenvalue weighted by Gasteiger charge is 2.26. The zero-order valence-electron chi connectivity index (χ0n) is 14.7. The minimum atomic E-state index is -0.0385. The predicted molar refractivity (Wildman–Crippen MR) is 108 cm³/mol. The van der Waals surface area contributed by atoms with Crippen molar-refractivity contribution in [2.45, 2.75) is 12.8 Å². The van der Waals surface area contributed by atoms with Crippen LogP contribution in [0, 0.1) is 5.92 Å². The maximum absolute atomic E-state index is 12.6. The maximum Gasteiger partial charge on any atom is 0.229 e. The Balaban J connectivity index is 1.20. The Bertz CT molecular complexity index is 1100. The van der Waals surface area contributed by atoms with Crippen LogP contribution in [0.1, 0.15) is 12.8 Å². The fourth-order valence-electron chi connectivity index (χ4n) is 3.24. The quantitative estimate of drug-likeness (QED) is 0.550. The molecule has 0 unspecified atom stereocenters. The largest absolute Gasteiger partial charge is 0.355 e. The van der Waals surface area contributed by atoms with Gasteiger partial charge in [0.2, 0.25) is 11.0 Å². The summed E-state index contributed by atoms with van der Waals surface area (Å²) in [4.78, 5) is 14.8. The Kier molecular flexibility index (Phi) is 4.45. The van der Waals surface area contributed by atoms with Gasteiger partial charge in [0, 0.05) is 30.0 Å². The molecule has 1 aliphatic heterocycles. The van der Waals surface area contributed by atoms with Crippen LogP contribution in [0.3, 0.4) is 0 Å². The number of carbonyl (C=O) groups excluding carboxylic acids is 1. The molecule has 4 aromatic heterocycles. The summed E-state index contributed by atoms with van der Waals surface area (Å²) in [5.41, 5.74) is 1.76. The summed E-state index contributed by atoms with van der Waals surface area (Å²) in [6.07, 6.45) is 3.12. The topological polar surface area (TPSA) is 101 Å². The van der Waals surface area contributed by atoms with E-state index < -0.39 is 0 Å². The van der Waals surface area contributed by atoms with E-state index in [-0.39, 0.29) is 11.8 Å². The van der Waals surface area contributed by atoms with Gasteiger partial charge in [-0.15, -0.1) is 25.5 Å². The number of aromatic nitrogens is 6. The molecule has 1 N–H and O–H groups in total. The van der Waals surface area contributed by atoms with Crippen LogP contribution in [0.2, 0.25) is 0 Å². The molecule has 1 amide bonds. The van der Waals surface area contributed by atoms with Crippen molar-refractivity contribution in [3.05, 3.63) is 35.3 Å². The Morgan fingerprint density at radius 3 is 2.86 bits per heavy atom. The number of nitrogens with zero attached hydrogens (tertiary/aromatic N) is 7. The molecule has 0 radical (unpaired) electrons. The van der Waals surface area contributed by atoms with Gasteiger partial charge < -0.3 is 10.2 Å². The zero-order valence-corrected chi connectivity index (χ0v) is 16.4. The molecular formula is C17H16N8OS2. The fourth-order valence-corrected chi connectivity index (χ4v) is 4.70. The van der Waals surface area contributed by atoms with Gasteiger partial charge >= 0.3 is 0 Å². The zero-order chi connectivity index (χ0) is 18.9. The molecule has 5 heterocycles. The summed E-state index contributed by atoms with van der Waals surface area (Å²) >= 11 is 3.01. The molecule has 0 bridgehead atoms. The minimum Gasteiger partial charge on any atom is -0.355 e. The van der Waals surface area contributed by atoms with E-state index >= 15 is 0 Å². The fraction of sp³-hybridized carbons (Fsp3) is 0.294. The lowest BCUT2D eigenvalue weighted by atomic mass is 9.96. The summed E-state index contributed by atoms with van der Waals surface area (Å²) in [7, 11) is 0. The van der Waals surface area contributed by atoms with Crippen molar-refractivity contribution in [1.82, 2.24) is 30.0 Å². The monoisotopic (exact) mass is 412 g/mol. The number of hydrogen-bond acceptors (Lipinski definition) is 9. The third-order valence-corrected chi connectivity index (χ3v) is 6.33. The van der Waals surface area contributed by atoms with E-state index in [9.17, 15) is 4.79 Å². The van der Waals surface area contributed by atoms with E-state index in [4.69, 9.17) is 0 Å². The van der Waals surface area contributed by atoms with E-state index in [0.29, 0.717) is 5.13 Å². The standard InChI is InChI=1S/C17H16N8OS2/c26-15(19-17-22-21-16(28-17)12-5-8-27-9-12)11-3-6-24(7-4-11)14-2-1-13-20-18-10-25(13)23-14/h1-2,5,8-11H,3-4,6-7H2,(H,19,22,26). The Morgan fingerprint density at radius 2 is 2.04 bits per heavy atom. The van der Waals surface area contributed by atoms with Gasteiger partial charge in [0.05, 0.1) is 0 Å². The van der Waals surface area contributed by atoms with E-state index in [0.717, 1.165) is 48.0 Å². The molecule has 142 valence electrons. The highest BCUT2D eigenvalue weighted by atomic mass is 32.1. The second-order valence-electron chi connectivity index (χ2n) is 6.50. The molecule has 1 fully saturated rings. The average molecular weight is 413 g/mol. The predicted octanol–water partition coefficient (Wildman–Crippen LogP) is 2.56. The number of nitrogens with one attached hydrogen (secondary N) is 1. The highest BCUT2D eigenvalue weighted by Crippen LogP contribution is 2.29. The first kappa shape index (κ1) is 17.2. The van der Waals surface area contributed by atoms with Crippen molar-refractivity contribution < 1.29 is 4.79 Å². The molecule has 0 saturated carbocycles. The van der Waals surface area contributed by atoms with Crippen LogP contribution in [0.5, 0.6) is 0 Å². The van der Waals surface area contributed by atoms with Gasteiger partial charge in [-0.3, -0.25) is 4.79 Å². The van der Waals surface area contributed by atoms with Crippen molar-refractivity contribution in [3.8, 4) is 10.6 Å². The Labute approximate surface area is 168 Å². The van der Waals surface area contributed by atoms with Gasteiger partial charge in [-0.2, -0.15) is 15.9 Å². The van der Waals surface area contributed by atoms with E-state index in [1.807, 2.05) is 29.0 Å². The number of fused-ring (bicyclic) bond motifs is 1. The molecule has 5 rings (SSSR count). The van der Waals surface area contributed by atoms with Gasteiger partial charge in [0.25, 0.3) is 0 Å². The number of amides is 1. The molecule has 4 aromatic rings. The molecular weight excluding hydrogens is 396 g/mol. The molecule has 1 saturated heterocycles. The van der Waals surface area contributed by atoms with Gasteiger partial charge in [0.1, 0.15) is 17.2 Å². The average Bonchev–Trinajstić information content (AvgIpc) is 3.48. The highest BCUT2D eigenvalue weighted by molar-refractivity contribution is 7.19. The molecule has 0 atom stereocenters. The van der Waals surface area contributed by atoms with Crippen molar-refractivity contribution >= 4 is 45.2 Å². The Hall–Kier alpha value is -2.92. The second-order valence-corrected chi connectivity index (χ2v) is 8.26. The van der Waals surface area contributed by atoms with Crippen LogP contribution in [0.4, 0.5) is 10.9 Å². The van der Waals surface area contributed by atoms with Crippen LogP contribution >= 0.6 is 22.7 Å². The Morgan fingerprint density at radius 1 is 1.14 bits per heavy atom. The van der Waals surface area contributed by atoms with Crippen LogP contribution < -0.4 is 10.2 Å². The third kappa shape index (κ3) is 3.34. The van der Waals surface area contributed by atoms with Crippen molar-refractivity contribution in [3.63, 3.8) is 0 Å². The number of thiophene rings is 1. The van der Waals surface area contributed by atoms with Crippen LogP contribution in [0.25, 0.3) is 16.2 Å². The molecule has 28 heavy (non-hydrogen) atoms. The second kappa shape index (κ2) is 7.24. The number of rotatable bonds is 4. The van der Waals surface area contributed by atoms with Crippen LogP contribution in [-0.2, 0) is 4.79 Å². The number of hydrogen-bond donors (Lipinski definition) is 1. The molecule has 1 aliphatic rings. The van der Waals surface area contributed by atoms with E-state index in [2.05, 4.69) is 35.7 Å². The molecule has 0 aromatic carbocycles. The third-order valence-electron chi connectivity index (χ3n) is 4.76. The smallest absolute Gasteiger partial charge is 0.229 e. The lowest BCUT2D eigenvalue weighted by Gasteiger charge is -2.31. The van der Waals surface area contributed by atoms with E-state index in [1.165, 1.54) is 11.3 Å². The normalized spacial score (nSPS) is 15.2. The van der Waals surface area contributed by atoms with Crippen LogP contribution in [-0.4, -0.2) is 49.0 Å². The summed E-state index contributed by atoms with van der Waals surface area (Å²) in [6.45, 7) is 1.55. The van der Waals surface area contributed by atoms with Crippen molar-refractivity contribution in [2.75, 3.05) is 23.3 Å². The first-order valence-electron chi connectivity index (χ1n) is 8.85. The molecule has 11 heteroatoms. The van der Waals surface area contributed by atoms with Crippen LogP contribution in [0.15, 0.2) is 35.3 Å². The minimum absolute atomic E-state index is 0.00916.